The molecule has 4 rings (SSSR count). The average molecular weight is 496 g/mol. The third-order valence-electron chi connectivity index (χ3n) is 6.21. The van der Waals surface area contributed by atoms with Gasteiger partial charge < -0.3 is 10.1 Å². The third-order valence-corrected chi connectivity index (χ3v) is 6.21. The van der Waals surface area contributed by atoms with Crippen LogP contribution in [-0.2, 0) is 16.0 Å². The highest BCUT2D eigenvalue weighted by Crippen LogP contribution is 2.31. The zero-order valence-corrected chi connectivity index (χ0v) is 20.9. The second-order valence-corrected chi connectivity index (χ2v) is 8.75. The highest BCUT2D eigenvalue weighted by molar-refractivity contribution is 6.05. The Bertz CT molecular complexity index is 1330. The molecule has 1 atom stereocenters. The summed E-state index contributed by atoms with van der Waals surface area (Å²) in [5.74, 6) is 0.532. The molecule has 0 radical (unpaired) electrons. The number of hydrogen-bond acceptors (Lipinski definition) is 5. The van der Waals surface area contributed by atoms with E-state index >= 15 is 0 Å². The highest BCUT2D eigenvalue weighted by atomic mass is 16.5. The van der Waals surface area contributed by atoms with Gasteiger partial charge in [-0.3, -0.25) is 15.0 Å². The molecular weight excluding hydrogens is 466 g/mol. The normalized spacial score (nSPS) is 15.6. The van der Waals surface area contributed by atoms with Crippen LogP contribution in [-0.4, -0.2) is 29.8 Å². The monoisotopic (exact) mass is 495 g/mol. The summed E-state index contributed by atoms with van der Waals surface area (Å²) >= 11 is 0. The SMILES string of the molecule is COc1ccc(NC(=O)CC(=O)N2NC(=Nc3cccc(C)c3CCC#N)CC2c2ccccc2)cc1. The average Bonchev–Trinajstić information content (AvgIpc) is 3.33. The molecule has 0 aromatic heterocycles. The first-order valence-corrected chi connectivity index (χ1v) is 12.1. The van der Waals surface area contributed by atoms with Crippen LogP contribution in [0.5, 0.6) is 5.75 Å². The lowest BCUT2D eigenvalue weighted by Crippen LogP contribution is -2.41. The van der Waals surface area contributed by atoms with Gasteiger partial charge >= 0.3 is 0 Å². The van der Waals surface area contributed by atoms with E-state index in [1.807, 2.05) is 55.5 Å². The number of benzene rings is 3. The predicted molar refractivity (Wildman–Crippen MR) is 142 cm³/mol. The number of aryl methyl sites for hydroxylation is 1. The molecular formula is C29H29N5O3. The van der Waals surface area contributed by atoms with Crippen LogP contribution in [0.15, 0.2) is 77.8 Å². The first-order chi connectivity index (χ1) is 18.0. The van der Waals surface area contributed by atoms with Crippen LogP contribution in [0.4, 0.5) is 11.4 Å². The van der Waals surface area contributed by atoms with Crippen LogP contribution in [0, 0.1) is 18.3 Å². The van der Waals surface area contributed by atoms with E-state index in [1.165, 1.54) is 5.01 Å². The molecule has 37 heavy (non-hydrogen) atoms. The maximum Gasteiger partial charge on any atom is 0.250 e. The molecule has 8 heteroatoms. The lowest BCUT2D eigenvalue weighted by atomic mass is 10.0. The molecule has 1 fully saturated rings. The van der Waals surface area contributed by atoms with Gasteiger partial charge in [0.1, 0.15) is 18.0 Å². The number of nitriles is 1. The molecule has 2 amide bonds. The molecule has 0 aliphatic carbocycles. The highest BCUT2D eigenvalue weighted by Gasteiger charge is 2.34. The van der Waals surface area contributed by atoms with Crippen molar-refractivity contribution >= 4 is 29.0 Å². The van der Waals surface area contributed by atoms with Crippen LogP contribution in [0.25, 0.3) is 0 Å². The summed E-state index contributed by atoms with van der Waals surface area (Å²) in [6, 6.07) is 24.3. The number of nitrogens with one attached hydrogen (secondary N) is 2. The van der Waals surface area contributed by atoms with E-state index in [0.29, 0.717) is 36.5 Å². The zero-order chi connectivity index (χ0) is 26.2. The number of carbonyl (C=O) groups excluding carboxylic acids is 2. The van der Waals surface area contributed by atoms with E-state index in [1.54, 1.807) is 31.4 Å². The van der Waals surface area contributed by atoms with Gasteiger partial charge in [-0.2, -0.15) is 5.26 Å². The Hall–Kier alpha value is -4.64. The Morgan fingerprint density at radius 1 is 1.11 bits per heavy atom. The van der Waals surface area contributed by atoms with E-state index in [4.69, 9.17) is 15.0 Å². The topological polar surface area (TPSA) is 107 Å². The number of hydrogen-bond donors (Lipinski definition) is 2. The Morgan fingerprint density at radius 2 is 1.86 bits per heavy atom. The number of amidine groups is 1. The number of amides is 2. The number of hydrazine groups is 1. The molecule has 0 bridgehead atoms. The van der Waals surface area contributed by atoms with Crippen molar-refractivity contribution in [1.29, 1.82) is 5.26 Å². The summed E-state index contributed by atoms with van der Waals surface area (Å²) in [5, 5.41) is 13.3. The van der Waals surface area contributed by atoms with Crippen LogP contribution in [0.2, 0.25) is 0 Å². The van der Waals surface area contributed by atoms with Gasteiger partial charge in [-0.15, -0.1) is 0 Å². The number of methoxy groups -OCH3 is 1. The van der Waals surface area contributed by atoms with Gasteiger partial charge in [0.2, 0.25) is 5.91 Å². The minimum Gasteiger partial charge on any atom is -0.497 e. The number of anilines is 1. The second kappa shape index (κ2) is 11.9. The summed E-state index contributed by atoms with van der Waals surface area (Å²) in [5.41, 5.74) is 7.53. The van der Waals surface area contributed by atoms with Gasteiger partial charge in [-0.1, -0.05) is 42.5 Å². The molecule has 3 aromatic rings. The van der Waals surface area contributed by atoms with Crippen molar-refractivity contribution < 1.29 is 14.3 Å². The first kappa shape index (κ1) is 25.5. The largest absolute Gasteiger partial charge is 0.497 e. The number of nitrogens with zero attached hydrogens (tertiary/aromatic N) is 3. The van der Waals surface area contributed by atoms with Crippen molar-refractivity contribution in [3.05, 3.63) is 89.5 Å². The van der Waals surface area contributed by atoms with Crippen molar-refractivity contribution in [2.45, 2.75) is 38.6 Å². The zero-order valence-electron chi connectivity index (χ0n) is 20.9. The Kier molecular flexibility index (Phi) is 8.16. The smallest absolute Gasteiger partial charge is 0.250 e. The molecule has 3 aromatic carbocycles. The van der Waals surface area contributed by atoms with Crippen molar-refractivity contribution in [3.8, 4) is 11.8 Å². The van der Waals surface area contributed by atoms with Crippen LogP contribution >= 0.6 is 0 Å². The van der Waals surface area contributed by atoms with E-state index in [9.17, 15) is 9.59 Å². The quantitative estimate of drug-likeness (QED) is 0.428. The van der Waals surface area contributed by atoms with Gasteiger partial charge in [-0.25, -0.2) is 10.0 Å². The molecule has 1 unspecified atom stereocenters. The first-order valence-electron chi connectivity index (χ1n) is 12.1. The standard InChI is InChI=1S/C29H29N5O3/c1-20-8-6-12-25(24(20)11-7-17-30)32-27-18-26(21-9-4-3-5-10-21)34(33-27)29(36)19-28(35)31-22-13-15-23(37-2)16-14-22/h3-6,8-10,12-16,26H,7,11,18-19H2,1-2H3,(H,31,35)(H,32,33). The molecule has 1 heterocycles. The van der Waals surface area contributed by atoms with E-state index in [-0.39, 0.29) is 18.4 Å². The number of carbonyl (C=O) groups is 2. The van der Waals surface area contributed by atoms with Gasteiger partial charge in [-0.05, 0) is 60.4 Å². The number of aliphatic imine (C=N–C) groups is 1. The summed E-state index contributed by atoms with van der Waals surface area (Å²) in [6.45, 7) is 2.00. The summed E-state index contributed by atoms with van der Waals surface area (Å²) in [4.78, 5) is 30.8. The molecule has 8 nitrogen and oxygen atoms in total. The minimum atomic E-state index is -0.411. The Balaban J connectivity index is 1.54. The maximum absolute atomic E-state index is 13.3. The Labute approximate surface area is 216 Å². The van der Waals surface area contributed by atoms with Crippen LogP contribution in [0.1, 0.15) is 42.0 Å². The summed E-state index contributed by atoms with van der Waals surface area (Å²) < 4.78 is 5.14. The van der Waals surface area contributed by atoms with Crippen LogP contribution < -0.4 is 15.5 Å². The van der Waals surface area contributed by atoms with E-state index in [0.717, 1.165) is 22.4 Å². The van der Waals surface area contributed by atoms with Crippen molar-refractivity contribution in [1.82, 2.24) is 10.4 Å². The fraction of sp³-hybridized carbons (Fsp3) is 0.241. The van der Waals surface area contributed by atoms with E-state index in [2.05, 4.69) is 16.8 Å². The summed E-state index contributed by atoms with van der Waals surface area (Å²) in [7, 11) is 1.57. The minimum absolute atomic E-state index is 0.311. The molecule has 1 saturated heterocycles. The lowest BCUT2D eigenvalue weighted by Gasteiger charge is -2.24. The van der Waals surface area contributed by atoms with Gasteiger partial charge in [0.05, 0.1) is 24.9 Å². The lowest BCUT2D eigenvalue weighted by molar-refractivity contribution is -0.137. The van der Waals surface area contributed by atoms with Gasteiger partial charge in [0.15, 0.2) is 0 Å². The second-order valence-electron chi connectivity index (χ2n) is 8.75. The molecule has 1 aliphatic rings. The van der Waals surface area contributed by atoms with Gasteiger partial charge in [0, 0.05) is 18.5 Å². The molecule has 0 spiro atoms. The van der Waals surface area contributed by atoms with Crippen molar-refractivity contribution in [2.24, 2.45) is 4.99 Å². The summed E-state index contributed by atoms with van der Waals surface area (Å²) in [6.07, 6.45) is 1.15. The van der Waals surface area contributed by atoms with E-state index < -0.39 is 5.91 Å². The molecule has 2 N–H and O–H groups in total. The molecule has 1 aliphatic heterocycles. The Morgan fingerprint density at radius 3 is 2.57 bits per heavy atom. The predicted octanol–water partition coefficient (Wildman–Crippen LogP) is 5.00. The third kappa shape index (κ3) is 6.33. The van der Waals surface area contributed by atoms with Crippen LogP contribution in [0.3, 0.4) is 0 Å². The molecule has 188 valence electrons. The maximum atomic E-state index is 13.3. The van der Waals surface area contributed by atoms with Crippen molar-refractivity contribution in [2.75, 3.05) is 12.4 Å². The fourth-order valence-corrected chi connectivity index (χ4v) is 4.33. The van der Waals surface area contributed by atoms with Crippen molar-refractivity contribution in [3.63, 3.8) is 0 Å². The number of ether oxygens (including phenoxy) is 1. The number of rotatable bonds is 8. The van der Waals surface area contributed by atoms with Gasteiger partial charge in [0.25, 0.3) is 5.91 Å². The fourth-order valence-electron chi connectivity index (χ4n) is 4.33. The molecule has 0 saturated carbocycles.